The second kappa shape index (κ2) is 7.75. The summed E-state index contributed by atoms with van der Waals surface area (Å²) < 4.78 is 18.0. The molecule has 1 N–H and O–H groups in total. The van der Waals surface area contributed by atoms with Crippen molar-refractivity contribution in [3.05, 3.63) is 68.9 Å². The first-order valence-corrected chi connectivity index (χ1v) is 9.16. The van der Waals surface area contributed by atoms with Gasteiger partial charge in [0.2, 0.25) is 5.78 Å². The van der Waals surface area contributed by atoms with Crippen molar-refractivity contribution in [2.45, 2.75) is 32.6 Å². The van der Waals surface area contributed by atoms with E-state index in [2.05, 4.69) is 15.0 Å². The molecule has 0 saturated heterocycles. The molecular weight excluding hydrogens is 399 g/mol. The Kier molecular flexibility index (Phi) is 5.53. The number of aromatic nitrogens is 1. The fourth-order valence-corrected chi connectivity index (χ4v) is 3.55. The predicted octanol–water partition coefficient (Wildman–Crippen LogP) is 4.16. The Hall–Kier alpha value is -3.06. The van der Waals surface area contributed by atoms with Crippen LogP contribution in [0.4, 0.5) is 10.1 Å². The number of anilines is 1. The Morgan fingerprint density at radius 1 is 1.17 bits per heavy atom. The van der Waals surface area contributed by atoms with Crippen LogP contribution in [0.1, 0.15) is 31.5 Å². The van der Waals surface area contributed by atoms with Gasteiger partial charge in [0.15, 0.2) is 0 Å². The monoisotopic (exact) mass is 416 g/mol. The molecule has 0 aliphatic rings. The van der Waals surface area contributed by atoms with Crippen LogP contribution in [0.3, 0.4) is 0 Å². The molecule has 8 heteroatoms. The van der Waals surface area contributed by atoms with Crippen LogP contribution in [-0.2, 0) is 15.0 Å². The summed E-state index contributed by atoms with van der Waals surface area (Å²) in [6.07, 6.45) is -0.123. The third kappa shape index (κ3) is 4.35. The van der Waals surface area contributed by atoms with Gasteiger partial charge in [-0.1, -0.05) is 36.7 Å². The number of carbonyl (C=O) groups is 2. The van der Waals surface area contributed by atoms with Gasteiger partial charge in [0.05, 0.1) is 11.1 Å². The lowest BCUT2D eigenvalue weighted by atomic mass is 9.80. The lowest BCUT2D eigenvalue weighted by Crippen LogP contribution is -2.30. The molecule has 0 atom stereocenters. The molecule has 0 fully saturated rings. The second-order valence-electron chi connectivity index (χ2n) is 7.38. The average molecular weight is 417 g/mol. The van der Waals surface area contributed by atoms with E-state index in [9.17, 15) is 18.8 Å². The number of rotatable bonds is 5. The summed E-state index contributed by atoms with van der Waals surface area (Å²) in [5.74, 6) is -1.93. The Labute approximate surface area is 170 Å². The van der Waals surface area contributed by atoms with Crippen LogP contribution in [-0.4, -0.2) is 16.8 Å². The van der Waals surface area contributed by atoms with Crippen LogP contribution in [0.15, 0.2) is 45.7 Å². The molecule has 0 spiro atoms. The smallest absolute Gasteiger partial charge is 0.319 e. The molecule has 0 saturated carbocycles. The van der Waals surface area contributed by atoms with Crippen LogP contribution in [0.2, 0.25) is 5.02 Å². The van der Waals surface area contributed by atoms with Crippen molar-refractivity contribution in [3.63, 3.8) is 0 Å². The minimum absolute atomic E-state index is 0.123. The number of benzene rings is 2. The Morgan fingerprint density at radius 3 is 2.59 bits per heavy atom. The van der Waals surface area contributed by atoms with E-state index in [0.29, 0.717) is 27.7 Å². The Bertz CT molecular complexity index is 1190. The van der Waals surface area contributed by atoms with Gasteiger partial charge in [0, 0.05) is 22.5 Å². The number of hydrogen-bond donors (Lipinski definition) is 1. The van der Waals surface area contributed by atoms with Crippen LogP contribution < -0.4 is 10.9 Å². The maximum atomic E-state index is 13.3. The van der Waals surface area contributed by atoms with Crippen molar-refractivity contribution < 1.29 is 18.5 Å². The SMILES string of the molecule is Cc1noc(=O)c2ccc(NC(=O)C(=O)CC(C)(C)c3ccc(F)cc3Cl)cc12. The van der Waals surface area contributed by atoms with Crippen LogP contribution in [0, 0.1) is 12.7 Å². The molecule has 1 heterocycles. The third-order valence-corrected chi connectivity index (χ3v) is 4.98. The molecule has 3 rings (SSSR count). The minimum atomic E-state index is -0.802. The highest BCUT2D eigenvalue weighted by atomic mass is 35.5. The maximum Gasteiger partial charge on any atom is 0.366 e. The molecule has 150 valence electrons. The summed E-state index contributed by atoms with van der Waals surface area (Å²) >= 11 is 6.10. The van der Waals surface area contributed by atoms with Gasteiger partial charge in [-0.15, -0.1) is 0 Å². The second-order valence-corrected chi connectivity index (χ2v) is 7.79. The maximum absolute atomic E-state index is 13.3. The molecular formula is C21H18ClFN2O4. The summed E-state index contributed by atoms with van der Waals surface area (Å²) in [4.78, 5) is 36.6. The number of ketones is 1. The molecule has 1 aromatic heterocycles. The van der Waals surface area contributed by atoms with Crippen molar-refractivity contribution in [1.29, 1.82) is 0 Å². The van der Waals surface area contributed by atoms with Crippen molar-refractivity contribution in [1.82, 2.24) is 5.16 Å². The van der Waals surface area contributed by atoms with Crippen LogP contribution >= 0.6 is 11.6 Å². The number of halogens is 2. The van der Waals surface area contributed by atoms with E-state index in [1.54, 1.807) is 26.8 Å². The number of nitrogens with zero attached hydrogens (tertiary/aromatic N) is 1. The van der Waals surface area contributed by atoms with E-state index >= 15 is 0 Å². The summed E-state index contributed by atoms with van der Waals surface area (Å²) in [7, 11) is 0. The number of fused-ring (bicyclic) bond motifs is 1. The van der Waals surface area contributed by atoms with E-state index in [4.69, 9.17) is 11.6 Å². The highest BCUT2D eigenvalue weighted by molar-refractivity contribution is 6.41. The largest absolute Gasteiger partial charge is 0.366 e. The molecule has 0 aliphatic heterocycles. The molecule has 0 aliphatic carbocycles. The number of nitrogens with one attached hydrogen (secondary N) is 1. The van der Waals surface area contributed by atoms with Crippen LogP contribution in [0.5, 0.6) is 0 Å². The van der Waals surface area contributed by atoms with E-state index in [1.165, 1.54) is 30.3 Å². The minimum Gasteiger partial charge on any atom is -0.319 e. The van der Waals surface area contributed by atoms with Gasteiger partial charge in [0.1, 0.15) is 5.82 Å². The van der Waals surface area contributed by atoms with Crippen molar-refractivity contribution in [2.24, 2.45) is 0 Å². The number of Topliss-reactive ketones (excluding diaryl/α,β-unsaturated/α-hetero) is 1. The zero-order valence-corrected chi connectivity index (χ0v) is 16.8. The van der Waals surface area contributed by atoms with Crippen LogP contribution in [0.25, 0.3) is 10.8 Å². The normalized spacial score (nSPS) is 11.5. The van der Waals surface area contributed by atoms with Crippen molar-refractivity contribution in [3.8, 4) is 0 Å². The molecule has 6 nitrogen and oxygen atoms in total. The summed E-state index contributed by atoms with van der Waals surface area (Å²) in [6, 6.07) is 8.50. The first kappa shape index (κ1) is 20.7. The van der Waals surface area contributed by atoms with E-state index < -0.39 is 28.5 Å². The average Bonchev–Trinajstić information content (AvgIpc) is 2.64. The molecule has 0 radical (unpaired) electrons. The van der Waals surface area contributed by atoms with Gasteiger partial charge in [-0.2, -0.15) is 0 Å². The quantitative estimate of drug-likeness (QED) is 0.630. The molecule has 0 bridgehead atoms. The third-order valence-electron chi connectivity index (χ3n) is 4.67. The van der Waals surface area contributed by atoms with Gasteiger partial charge in [-0.05, 0) is 48.2 Å². The summed E-state index contributed by atoms with van der Waals surface area (Å²) in [6.45, 7) is 5.17. The standard InChI is InChI=1S/C21H18ClFN2O4/c1-11-15-9-13(5-6-14(15)20(28)29-25-11)24-19(27)18(26)10-21(2,3)16-7-4-12(23)8-17(16)22/h4-9H,10H2,1-3H3,(H,24,27). The van der Waals surface area contributed by atoms with Crippen molar-refractivity contribution >= 4 is 39.8 Å². The Morgan fingerprint density at radius 2 is 1.90 bits per heavy atom. The number of hydrogen-bond acceptors (Lipinski definition) is 5. The topological polar surface area (TPSA) is 89.3 Å². The fraction of sp³-hybridized carbons (Fsp3) is 0.238. The molecule has 3 aromatic rings. The number of amides is 1. The first-order chi connectivity index (χ1) is 13.6. The highest BCUT2D eigenvalue weighted by Crippen LogP contribution is 2.33. The zero-order chi connectivity index (χ0) is 21.3. The molecule has 1 amide bonds. The van der Waals surface area contributed by atoms with Gasteiger partial charge in [-0.3, -0.25) is 9.59 Å². The molecule has 29 heavy (non-hydrogen) atoms. The highest BCUT2D eigenvalue weighted by Gasteiger charge is 2.29. The first-order valence-electron chi connectivity index (χ1n) is 8.78. The lowest BCUT2D eigenvalue weighted by Gasteiger charge is -2.25. The van der Waals surface area contributed by atoms with Gasteiger partial charge >= 0.3 is 5.63 Å². The summed E-state index contributed by atoms with van der Waals surface area (Å²) in [5, 5.41) is 7.23. The van der Waals surface area contributed by atoms with E-state index in [-0.39, 0.29) is 11.4 Å². The molecule has 2 aromatic carbocycles. The number of aryl methyl sites for hydroxylation is 1. The van der Waals surface area contributed by atoms with Gasteiger partial charge in [-0.25, -0.2) is 9.18 Å². The van der Waals surface area contributed by atoms with Crippen molar-refractivity contribution in [2.75, 3.05) is 5.32 Å². The van der Waals surface area contributed by atoms with Gasteiger partial charge in [0.25, 0.3) is 5.91 Å². The predicted molar refractivity (Wildman–Crippen MR) is 108 cm³/mol. The fourth-order valence-electron chi connectivity index (χ4n) is 3.12. The Balaban J connectivity index is 1.78. The number of carbonyl (C=O) groups excluding carboxylic acids is 2. The zero-order valence-electron chi connectivity index (χ0n) is 16.0. The lowest BCUT2D eigenvalue weighted by molar-refractivity contribution is -0.135. The van der Waals surface area contributed by atoms with E-state index in [1.807, 2.05) is 0 Å². The van der Waals surface area contributed by atoms with E-state index in [0.717, 1.165) is 0 Å². The van der Waals surface area contributed by atoms with Gasteiger partial charge < -0.3 is 9.84 Å². The summed E-state index contributed by atoms with van der Waals surface area (Å²) in [5.41, 5.74) is 0.0404. The molecule has 0 unspecified atom stereocenters.